The molecule has 132 valence electrons. The number of benzene rings is 1. The van der Waals surface area contributed by atoms with Gasteiger partial charge in [0.2, 0.25) is 0 Å². The molecule has 1 N–H and O–H groups in total. The van der Waals surface area contributed by atoms with E-state index < -0.39 is 0 Å². The second-order valence-electron chi connectivity index (χ2n) is 6.17. The van der Waals surface area contributed by atoms with Crippen molar-refractivity contribution < 1.29 is 9.53 Å². The van der Waals surface area contributed by atoms with Crippen molar-refractivity contribution in [2.75, 3.05) is 19.7 Å². The zero-order chi connectivity index (χ0) is 17.7. The minimum absolute atomic E-state index is 0.0596. The fraction of sp³-hybridized carbons (Fsp3) is 0.529. The molecule has 1 fully saturated rings. The minimum Gasteiger partial charge on any atom is -0.482 e. The third kappa shape index (κ3) is 5.57. The number of rotatable bonds is 5. The first-order valence-corrected chi connectivity index (χ1v) is 9.62. The molecule has 1 aliphatic heterocycles. The Morgan fingerprint density at radius 3 is 2.58 bits per heavy atom. The van der Waals surface area contributed by atoms with Crippen LogP contribution in [0.2, 0.25) is 0 Å². The van der Waals surface area contributed by atoms with Gasteiger partial charge in [-0.2, -0.15) is 5.10 Å². The van der Waals surface area contributed by atoms with Crippen LogP contribution in [0.1, 0.15) is 32.3 Å². The van der Waals surface area contributed by atoms with Crippen molar-refractivity contribution in [1.29, 1.82) is 0 Å². The molecule has 0 radical (unpaired) electrons. The van der Waals surface area contributed by atoms with Crippen molar-refractivity contribution in [3.63, 3.8) is 0 Å². The molecule has 5 nitrogen and oxygen atoms in total. The molecule has 0 atom stereocenters. The maximum atomic E-state index is 11.9. The van der Waals surface area contributed by atoms with Gasteiger partial charge in [0.15, 0.2) is 6.61 Å². The van der Waals surface area contributed by atoms with Gasteiger partial charge in [-0.05, 0) is 54.4 Å². The van der Waals surface area contributed by atoms with E-state index in [1.807, 2.05) is 19.1 Å². The number of aryl methyl sites for hydroxylation is 1. The van der Waals surface area contributed by atoms with Crippen molar-refractivity contribution in [3.8, 4) is 5.75 Å². The van der Waals surface area contributed by atoms with Crippen LogP contribution < -0.4 is 10.2 Å². The van der Waals surface area contributed by atoms with Crippen LogP contribution in [0, 0.1) is 6.92 Å². The zero-order valence-corrected chi connectivity index (χ0v) is 17.4. The Bertz CT molecular complexity index is 599. The number of halogens is 2. The Morgan fingerprint density at radius 1 is 1.33 bits per heavy atom. The average Bonchev–Trinajstić information content (AvgIpc) is 2.52. The van der Waals surface area contributed by atoms with Crippen LogP contribution in [0.3, 0.4) is 0 Å². The number of carbonyl (C=O) groups excluding carboxylic acids is 1. The predicted octanol–water partition coefficient (Wildman–Crippen LogP) is 3.88. The van der Waals surface area contributed by atoms with Crippen LogP contribution in [-0.4, -0.2) is 42.3 Å². The Labute approximate surface area is 160 Å². The number of amides is 1. The van der Waals surface area contributed by atoms with Crippen molar-refractivity contribution in [3.05, 3.63) is 26.6 Å². The van der Waals surface area contributed by atoms with Gasteiger partial charge in [0.1, 0.15) is 5.75 Å². The van der Waals surface area contributed by atoms with E-state index in [-0.39, 0.29) is 12.5 Å². The molecular formula is C17H23Br2N3O2. The summed E-state index contributed by atoms with van der Waals surface area (Å²) >= 11 is 6.87. The van der Waals surface area contributed by atoms with Gasteiger partial charge in [-0.1, -0.05) is 15.9 Å². The van der Waals surface area contributed by atoms with Gasteiger partial charge in [-0.3, -0.25) is 4.79 Å². The largest absolute Gasteiger partial charge is 0.482 e. The summed E-state index contributed by atoms with van der Waals surface area (Å²) in [6, 6.07) is 4.39. The lowest BCUT2D eigenvalue weighted by molar-refractivity contribution is -0.123. The molecular weight excluding hydrogens is 438 g/mol. The van der Waals surface area contributed by atoms with Crippen LogP contribution in [0.4, 0.5) is 0 Å². The maximum absolute atomic E-state index is 11.9. The Morgan fingerprint density at radius 2 is 2.00 bits per heavy atom. The molecule has 7 heteroatoms. The highest BCUT2D eigenvalue weighted by Gasteiger charge is 2.17. The standard InChI is InChI=1S/C17H23Br2N3O2/c1-11(2)22-6-4-14(5-7-22)20-21-16(23)10-24-17-12(3)8-13(18)9-15(17)19/h8-9,11H,4-7,10H2,1-3H3,(H,21,23). The predicted molar refractivity (Wildman–Crippen MR) is 104 cm³/mol. The van der Waals surface area contributed by atoms with E-state index in [9.17, 15) is 4.79 Å². The molecule has 1 saturated heterocycles. The monoisotopic (exact) mass is 459 g/mol. The lowest BCUT2D eigenvalue weighted by atomic mass is 10.1. The number of likely N-dealkylation sites (tertiary alicyclic amines) is 1. The molecule has 0 spiro atoms. The average molecular weight is 461 g/mol. The summed E-state index contributed by atoms with van der Waals surface area (Å²) in [6.45, 7) is 8.26. The normalized spacial score (nSPS) is 15.5. The molecule has 0 aliphatic carbocycles. The molecule has 1 aliphatic rings. The number of hydrogen-bond donors (Lipinski definition) is 1. The Hall–Kier alpha value is -0.920. The highest BCUT2D eigenvalue weighted by atomic mass is 79.9. The van der Waals surface area contributed by atoms with E-state index in [0.717, 1.165) is 46.2 Å². The van der Waals surface area contributed by atoms with E-state index in [0.29, 0.717) is 11.8 Å². The summed E-state index contributed by atoms with van der Waals surface area (Å²) in [4.78, 5) is 14.4. The van der Waals surface area contributed by atoms with Gasteiger partial charge in [0.25, 0.3) is 5.91 Å². The van der Waals surface area contributed by atoms with Crippen LogP contribution in [0.15, 0.2) is 26.2 Å². The highest BCUT2D eigenvalue weighted by molar-refractivity contribution is 9.11. The number of hydrogen-bond acceptors (Lipinski definition) is 4. The van der Waals surface area contributed by atoms with Crippen molar-refractivity contribution in [2.45, 2.75) is 39.7 Å². The fourth-order valence-electron chi connectivity index (χ4n) is 2.59. The highest BCUT2D eigenvalue weighted by Crippen LogP contribution is 2.32. The third-order valence-corrected chi connectivity index (χ3v) is 5.03. The molecule has 0 bridgehead atoms. The van der Waals surface area contributed by atoms with E-state index in [1.54, 1.807) is 0 Å². The second kappa shape index (κ2) is 8.97. The molecule has 24 heavy (non-hydrogen) atoms. The fourth-order valence-corrected chi connectivity index (χ4v) is 4.15. The number of ether oxygens (including phenoxy) is 1. The molecule has 1 amide bonds. The van der Waals surface area contributed by atoms with Gasteiger partial charge in [-0.15, -0.1) is 0 Å². The Kier molecular flexibility index (Phi) is 7.25. The van der Waals surface area contributed by atoms with Gasteiger partial charge in [0.05, 0.1) is 4.47 Å². The number of carbonyl (C=O) groups is 1. The summed E-state index contributed by atoms with van der Waals surface area (Å²) in [7, 11) is 0. The topological polar surface area (TPSA) is 53.9 Å². The molecule has 1 aromatic rings. The molecule has 1 aromatic carbocycles. The third-order valence-electron chi connectivity index (χ3n) is 3.99. The van der Waals surface area contributed by atoms with Gasteiger partial charge < -0.3 is 9.64 Å². The quantitative estimate of drug-likeness (QED) is 0.678. The van der Waals surface area contributed by atoms with Gasteiger partial charge in [-0.25, -0.2) is 5.43 Å². The Balaban J connectivity index is 1.81. The zero-order valence-electron chi connectivity index (χ0n) is 14.2. The smallest absolute Gasteiger partial charge is 0.277 e. The molecule has 1 heterocycles. The van der Waals surface area contributed by atoms with Crippen LogP contribution in [0.25, 0.3) is 0 Å². The first kappa shape index (κ1) is 19.4. The molecule has 0 saturated carbocycles. The van der Waals surface area contributed by atoms with Gasteiger partial charge in [0, 0.05) is 42.2 Å². The summed E-state index contributed by atoms with van der Waals surface area (Å²) in [5.74, 6) is 0.425. The lowest BCUT2D eigenvalue weighted by Gasteiger charge is -2.30. The second-order valence-corrected chi connectivity index (χ2v) is 7.94. The summed E-state index contributed by atoms with van der Waals surface area (Å²) in [6.07, 6.45) is 1.80. The molecule has 0 aromatic heterocycles. The first-order valence-electron chi connectivity index (χ1n) is 8.03. The SMILES string of the molecule is Cc1cc(Br)cc(Br)c1OCC(=O)NN=C1CCN(C(C)C)CC1. The lowest BCUT2D eigenvalue weighted by Crippen LogP contribution is -2.39. The minimum atomic E-state index is -0.247. The summed E-state index contributed by atoms with van der Waals surface area (Å²) < 4.78 is 7.39. The number of nitrogens with zero attached hydrogens (tertiary/aromatic N) is 2. The van der Waals surface area contributed by atoms with Crippen molar-refractivity contribution in [1.82, 2.24) is 10.3 Å². The summed E-state index contributed by atoms with van der Waals surface area (Å²) in [5, 5.41) is 4.24. The van der Waals surface area contributed by atoms with Crippen molar-refractivity contribution in [2.24, 2.45) is 5.10 Å². The van der Waals surface area contributed by atoms with E-state index >= 15 is 0 Å². The van der Waals surface area contributed by atoms with E-state index in [4.69, 9.17) is 4.74 Å². The van der Waals surface area contributed by atoms with Crippen LogP contribution in [-0.2, 0) is 4.79 Å². The van der Waals surface area contributed by atoms with E-state index in [2.05, 4.69) is 61.1 Å². The summed E-state index contributed by atoms with van der Waals surface area (Å²) in [5.41, 5.74) is 4.60. The van der Waals surface area contributed by atoms with Crippen LogP contribution >= 0.6 is 31.9 Å². The molecule has 2 rings (SSSR count). The van der Waals surface area contributed by atoms with Crippen molar-refractivity contribution >= 4 is 43.5 Å². The number of hydrazone groups is 1. The van der Waals surface area contributed by atoms with Gasteiger partial charge >= 0.3 is 0 Å². The van der Waals surface area contributed by atoms with Crippen LogP contribution in [0.5, 0.6) is 5.75 Å². The molecule has 0 unspecified atom stereocenters. The van der Waals surface area contributed by atoms with E-state index in [1.165, 1.54) is 0 Å². The number of piperidine rings is 1. The maximum Gasteiger partial charge on any atom is 0.277 e. The number of nitrogens with one attached hydrogen (secondary N) is 1. The first-order chi connectivity index (χ1) is 11.4.